The first kappa shape index (κ1) is 23.7. The Balaban J connectivity index is 2.67. The Morgan fingerprint density at radius 3 is 2.47 bits per heavy atom. The second-order valence-electron chi connectivity index (χ2n) is 8.14. The number of aliphatic carboxylic acids is 1. The van der Waals surface area contributed by atoms with E-state index in [0.717, 1.165) is 17.2 Å². The molecule has 0 saturated heterocycles. The van der Waals surface area contributed by atoms with Crippen LogP contribution in [0.25, 0.3) is 11.1 Å². The molecule has 0 spiro atoms. The number of rotatable bonds is 6. The Bertz CT molecular complexity index is 981. The lowest BCUT2D eigenvalue weighted by Gasteiger charge is -2.34. The van der Waals surface area contributed by atoms with Gasteiger partial charge in [0.05, 0.1) is 7.11 Å². The number of carboxylic acid groups (broad SMARTS) is 1. The molecule has 1 N–H and O–H groups in total. The number of hydrogen-bond donors (Lipinski definition) is 1. The molecule has 0 atom stereocenters. The maximum absolute atomic E-state index is 14.9. The number of benzene rings is 1. The minimum absolute atomic E-state index is 0.210. The number of ether oxygens (including phenoxy) is 2. The summed E-state index contributed by atoms with van der Waals surface area (Å²) in [5, 5.41) is 9.08. The predicted molar refractivity (Wildman–Crippen MR) is 120 cm³/mol. The van der Waals surface area contributed by atoms with Gasteiger partial charge in [0.2, 0.25) is 0 Å². The number of carbonyl (C=O) groups is 1. The molecule has 4 nitrogen and oxygen atoms in total. The molecule has 0 radical (unpaired) electrons. The molecular formula is C24H28ClFO4. The van der Waals surface area contributed by atoms with E-state index in [1.165, 1.54) is 19.3 Å². The molecule has 0 saturated carbocycles. The summed E-state index contributed by atoms with van der Waals surface area (Å²) in [7, 11) is 1.48. The van der Waals surface area contributed by atoms with Gasteiger partial charge < -0.3 is 14.6 Å². The van der Waals surface area contributed by atoms with Crippen molar-refractivity contribution < 1.29 is 23.8 Å². The number of halogens is 2. The fourth-order valence-corrected chi connectivity index (χ4v) is 3.65. The van der Waals surface area contributed by atoms with Gasteiger partial charge in [0, 0.05) is 17.2 Å². The standard InChI is InChI=1S/C24H28ClFO4/c1-13(2)18-12-24(5,6)30-23-17(18)11-16(22(29-7)21(23)25)15(4)19(26)9-8-14(3)10-20(27)28/h8-13H,1-7H3,(H,27,28)/b9-8+,14-10+,19-15+. The largest absolute Gasteiger partial charge is 0.494 e. The Labute approximate surface area is 182 Å². The molecule has 0 unspecified atom stereocenters. The van der Waals surface area contributed by atoms with Crippen molar-refractivity contribution in [1.82, 2.24) is 0 Å². The summed E-state index contributed by atoms with van der Waals surface area (Å²) in [6.07, 6.45) is 5.70. The van der Waals surface area contributed by atoms with Crippen molar-refractivity contribution in [3.63, 3.8) is 0 Å². The van der Waals surface area contributed by atoms with Crippen molar-refractivity contribution in [2.24, 2.45) is 5.92 Å². The van der Waals surface area contributed by atoms with Crippen LogP contribution in [0.4, 0.5) is 4.39 Å². The second-order valence-corrected chi connectivity index (χ2v) is 8.52. The van der Waals surface area contributed by atoms with Crippen LogP contribution in [0.2, 0.25) is 5.02 Å². The average Bonchev–Trinajstić information content (AvgIpc) is 2.64. The fourth-order valence-electron chi connectivity index (χ4n) is 3.33. The third-order valence-corrected chi connectivity index (χ3v) is 5.13. The van der Waals surface area contributed by atoms with E-state index in [9.17, 15) is 9.18 Å². The summed E-state index contributed by atoms with van der Waals surface area (Å²) >= 11 is 6.65. The molecule has 0 bridgehead atoms. The molecule has 0 amide bonds. The third-order valence-electron chi connectivity index (χ3n) is 4.79. The van der Waals surface area contributed by atoms with E-state index >= 15 is 0 Å². The smallest absolute Gasteiger partial charge is 0.328 e. The quantitative estimate of drug-likeness (QED) is 0.393. The van der Waals surface area contributed by atoms with Crippen LogP contribution in [-0.4, -0.2) is 23.8 Å². The van der Waals surface area contributed by atoms with Gasteiger partial charge in [-0.2, -0.15) is 0 Å². The van der Waals surface area contributed by atoms with Crippen LogP contribution in [0.5, 0.6) is 11.5 Å². The summed E-state index contributed by atoms with van der Waals surface area (Å²) in [6, 6.07) is 1.84. The Morgan fingerprint density at radius 2 is 1.93 bits per heavy atom. The average molecular weight is 435 g/mol. The lowest BCUT2D eigenvalue weighted by atomic mass is 9.86. The van der Waals surface area contributed by atoms with Gasteiger partial charge in [-0.3, -0.25) is 0 Å². The number of fused-ring (bicyclic) bond motifs is 1. The van der Waals surface area contributed by atoms with Crippen LogP contribution in [0.15, 0.2) is 41.8 Å². The molecule has 1 aromatic carbocycles. The van der Waals surface area contributed by atoms with Crippen molar-refractivity contribution in [1.29, 1.82) is 0 Å². The zero-order valence-electron chi connectivity index (χ0n) is 18.4. The van der Waals surface area contributed by atoms with Crippen LogP contribution in [-0.2, 0) is 4.79 Å². The van der Waals surface area contributed by atoms with E-state index in [1.807, 2.05) is 19.9 Å². The van der Waals surface area contributed by atoms with Gasteiger partial charge >= 0.3 is 5.97 Å². The fraction of sp³-hybridized carbons (Fsp3) is 0.375. The lowest BCUT2D eigenvalue weighted by Crippen LogP contribution is -2.30. The second kappa shape index (κ2) is 9.09. The first-order valence-electron chi connectivity index (χ1n) is 9.66. The maximum Gasteiger partial charge on any atom is 0.328 e. The van der Waals surface area contributed by atoms with Crippen LogP contribution >= 0.6 is 11.6 Å². The predicted octanol–water partition coefficient (Wildman–Crippen LogP) is 6.85. The van der Waals surface area contributed by atoms with E-state index in [2.05, 4.69) is 19.9 Å². The highest BCUT2D eigenvalue weighted by Crippen LogP contribution is 2.50. The highest BCUT2D eigenvalue weighted by Gasteiger charge is 2.32. The van der Waals surface area contributed by atoms with Crippen LogP contribution in [0.1, 0.15) is 52.7 Å². The highest BCUT2D eigenvalue weighted by molar-refractivity contribution is 6.34. The van der Waals surface area contributed by atoms with Crippen LogP contribution in [0, 0.1) is 5.92 Å². The van der Waals surface area contributed by atoms with E-state index in [4.69, 9.17) is 26.2 Å². The highest BCUT2D eigenvalue weighted by atomic mass is 35.5. The SMILES string of the molecule is COc1c(\C(C)=C(F)/C=C/C(C)=C/C(=O)O)cc2c(c1Cl)OC(C)(C)C=C2C(C)C. The zero-order chi connectivity index (χ0) is 22.8. The molecule has 1 heterocycles. The third kappa shape index (κ3) is 5.14. The molecule has 0 aliphatic carbocycles. The first-order valence-corrected chi connectivity index (χ1v) is 10.0. The minimum atomic E-state index is -1.09. The molecule has 2 rings (SSSR count). The molecule has 1 aliphatic rings. The normalized spacial score (nSPS) is 16.7. The van der Waals surface area contributed by atoms with Crippen molar-refractivity contribution in [2.75, 3.05) is 7.11 Å². The van der Waals surface area contributed by atoms with Gasteiger partial charge in [0.15, 0.2) is 5.75 Å². The summed E-state index contributed by atoms with van der Waals surface area (Å²) in [5.74, 6) is -0.540. The molecule has 0 aromatic heterocycles. The molecule has 162 valence electrons. The van der Waals surface area contributed by atoms with Crippen LogP contribution < -0.4 is 9.47 Å². The summed E-state index contributed by atoms with van der Waals surface area (Å²) in [6.45, 7) is 11.3. The summed E-state index contributed by atoms with van der Waals surface area (Å²) in [4.78, 5) is 10.7. The van der Waals surface area contributed by atoms with Gasteiger partial charge in [-0.25, -0.2) is 9.18 Å². The Kier molecular flexibility index (Phi) is 7.19. The Hall–Kier alpha value is -2.53. The number of methoxy groups -OCH3 is 1. The van der Waals surface area contributed by atoms with Gasteiger partial charge in [-0.05, 0) is 68.6 Å². The number of carboxylic acids is 1. The summed E-state index contributed by atoms with van der Waals surface area (Å²) in [5.41, 5.74) is 2.60. The van der Waals surface area contributed by atoms with E-state index in [0.29, 0.717) is 33.2 Å². The molecule has 30 heavy (non-hydrogen) atoms. The van der Waals surface area contributed by atoms with E-state index < -0.39 is 17.4 Å². The first-order chi connectivity index (χ1) is 13.9. The van der Waals surface area contributed by atoms with Gasteiger partial charge in [0.1, 0.15) is 22.2 Å². The molecule has 0 fully saturated rings. The van der Waals surface area contributed by atoms with E-state index in [1.54, 1.807) is 13.8 Å². The van der Waals surface area contributed by atoms with Crippen molar-refractivity contribution >= 4 is 28.7 Å². The van der Waals surface area contributed by atoms with Gasteiger partial charge in [-0.1, -0.05) is 31.5 Å². The van der Waals surface area contributed by atoms with Gasteiger partial charge in [-0.15, -0.1) is 0 Å². The molecule has 1 aromatic rings. The van der Waals surface area contributed by atoms with Crippen molar-refractivity contribution in [2.45, 2.75) is 47.1 Å². The number of allylic oxidation sites excluding steroid dienone is 6. The van der Waals surface area contributed by atoms with Crippen molar-refractivity contribution in [3.8, 4) is 11.5 Å². The molecule has 1 aliphatic heterocycles. The minimum Gasteiger partial charge on any atom is -0.494 e. The monoisotopic (exact) mass is 434 g/mol. The summed E-state index contributed by atoms with van der Waals surface area (Å²) < 4.78 is 26.5. The zero-order valence-corrected chi connectivity index (χ0v) is 19.1. The topological polar surface area (TPSA) is 55.8 Å². The van der Waals surface area contributed by atoms with E-state index in [-0.39, 0.29) is 5.92 Å². The van der Waals surface area contributed by atoms with Crippen molar-refractivity contribution in [3.05, 3.63) is 57.9 Å². The van der Waals surface area contributed by atoms with Gasteiger partial charge in [0.25, 0.3) is 0 Å². The lowest BCUT2D eigenvalue weighted by molar-refractivity contribution is -0.131. The maximum atomic E-state index is 14.9. The molecule has 6 heteroatoms. The number of hydrogen-bond acceptors (Lipinski definition) is 3. The Morgan fingerprint density at radius 1 is 1.30 bits per heavy atom. The van der Waals surface area contributed by atoms with Crippen LogP contribution in [0.3, 0.4) is 0 Å². The molecular weight excluding hydrogens is 407 g/mol.